The Bertz CT molecular complexity index is 911. The van der Waals surface area contributed by atoms with Crippen molar-refractivity contribution in [3.8, 4) is 0 Å². The summed E-state index contributed by atoms with van der Waals surface area (Å²) in [6, 6.07) is 14.0. The first kappa shape index (κ1) is 20.3. The standard InChI is InChI=1S/C22H24ClN3O2S/c1-25-15-21(22(27)24-13-16-2-5-18(23)6-3-16)29-20-12-17(4-7-19(20)25)14-26-8-10-28-11-9-26/h2-7,12,15H,8-11,13-14H2,1H3,(H,24,27). The van der Waals surface area contributed by atoms with E-state index in [4.69, 9.17) is 16.3 Å². The monoisotopic (exact) mass is 429 g/mol. The first-order valence-corrected chi connectivity index (χ1v) is 10.9. The molecule has 5 nitrogen and oxygen atoms in total. The van der Waals surface area contributed by atoms with E-state index >= 15 is 0 Å². The van der Waals surface area contributed by atoms with Gasteiger partial charge in [-0.25, -0.2) is 0 Å². The molecule has 7 heteroatoms. The van der Waals surface area contributed by atoms with Crippen LogP contribution in [0.2, 0.25) is 5.02 Å². The second-order valence-electron chi connectivity index (χ2n) is 7.21. The Morgan fingerprint density at radius 3 is 2.62 bits per heavy atom. The number of anilines is 1. The summed E-state index contributed by atoms with van der Waals surface area (Å²) in [6.07, 6.45) is 1.89. The van der Waals surface area contributed by atoms with Gasteiger partial charge in [-0.1, -0.05) is 41.6 Å². The van der Waals surface area contributed by atoms with Crippen molar-refractivity contribution in [2.75, 3.05) is 38.3 Å². The van der Waals surface area contributed by atoms with Crippen LogP contribution in [-0.4, -0.2) is 44.2 Å². The number of halogens is 1. The fraction of sp³-hybridized carbons (Fsp3) is 0.318. The largest absolute Gasteiger partial charge is 0.379 e. The maximum atomic E-state index is 12.7. The molecule has 4 rings (SSSR count). The second kappa shape index (κ2) is 9.22. The molecule has 29 heavy (non-hydrogen) atoms. The smallest absolute Gasteiger partial charge is 0.259 e. The molecule has 2 aliphatic heterocycles. The maximum absolute atomic E-state index is 12.7. The van der Waals surface area contributed by atoms with E-state index in [9.17, 15) is 4.79 Å². The summed E-state index contributed by atoms with van der Waals surface area (Å²) in [7, 11) is 1.98. The number of ether oxygens (including phenoxy) is 1. The highest BCUT2D eigenvalue weighted by Gasteiger charge is 2.21. The summed E-state index contributed by atoms with van der Waals surface area (Å²) in [5.74, 6) is -0.0685. The van der Waals surface area contributed by atoms with Gasteiger partial charge in [0.1, 0.15) is 0 Å². The minimum atomic E-state index is -0.0685. The van der Waals surface area contributed by atoms with Gasteiger partial charge >= 0.3 is 0 Å². The van der Waals surface area contributed by atoms with Crippen molar-refractivity contribution in [1.29, 1.82) is 0 Å². The van der Waals surface area contributed by atoms with Gasteiger partial charge in [-0.15, -0.1) is 0 Å². The van der Waals surface area contributed by atoms with Crippen molar-refractivity contribution in [2.45, 2.75) is 18.0 Å². The molecular weight excluding hydrogens is 406 g/mol. The molecule has 0 spiro atoms. The lowest BCUT2D eigenvalue weighted by atomic mass is 10.1. The van der Waals surface area contributed by atoms with Crippen LogP contribution in [-0.2, 0) is 22.6 Å². The molecule has 1 fully saturated rings. The molecule has 0 radical (unpaired) electrons. The van der Waals surface area contributed by atoms with Crippen molar-refractivity contribution in [1.82, 2.24) is 10.2 Å². The van der Waals surface area contributed by atoms with E-state index in [1.807, 2.05) is 42.4 Å². The lowest BCUT2D eigenvalue weighted by Gasteiger charge is -2.28. The van der Waals surface area contributed by atoms with Crippen LogP contribution in [0, 0.1) is 0 Å². The van der Waals surface area contributed by atoms with Crippen molar-refractivity contribution in [3.05, 3.63) is 69.7 Å². The lowest BCUT2D eigenvalue weighted by molar-refractivity contribution is -0.117. The number of carbonyl (C=O) groups excluding carboxylic acids is 1. The minimum Gasteiger partial charge on any atom is -0.379 e. The van der Waals surface area contributed by atoms with Crippen LogP contribution in [0.25, 0.3) is 0 Å². The molecule has 2 aromatic carbocycles. The van der Waals surface area contributed by atoms with E-state index < -0.39 is 0 Å². The Hall–Kier alpha value is -1.99. The average Bonchev–Trinajstić information content (AvgIpc) is 2.73. The van der Waals surface area contributed by atoms with Crippen LogP contribution in [0.3, 0.4) is 0 Å². The zero-order chi connectivity index (χ0) is 20.2. The van der Waals surface area contributed by atoms with Gasteiger partial charge in [0, 0.05) is 49.3 Å². The van der Waals surface area contributed by atoms with Gasteiger partial charge in [-0.2, -0.15) is 0 Å². The number of carbonyl (C=O) groups is 1. The molecule has 1 amide bonds. The number of amides is 1. The second-order valence-corrected chi connectivity index (χ2v) is 8.73. The van der Waals surface area contributed by atoms with Crippen molar-refractivity contribution < 1.29 is 9.53 Å². The number of nitrogens with one attached hydrogen (secondary N) is 1. The van der Waals surface area contributed by atoms with Crippen LogP contribution in [0.5, 0.6) is 0 Å². The van der Waals surface area contributed by atoms with Gasteiger partial charge in [-0.3, -0.25) is 9.69 Å². The van der Waals surface area contributed by atoms with E-state index in [1.165, 1.54) is 17.3 Å². The van der Waals surface area contributed by atoms with Gasteiger partial charge in [0.15, 0.2) is 0 Å². The predicted molar refractivity (Wildman–Crippen MR) is 118 cm³/mol. The van der Waals surface area contributed by atoms with Crippen LogP contribution < -0.4 is 10.2 Å². The molecule has 1 saturated heterocycles. The fourth-order valence-corrected chi connectivity index (χ4v) is 4.68. The normalized spacial score (nSPS) is 16.9. The Labute approximate surface area is 180 Å². The molecule has 1 N–H and O–H groups in total. The summed E-state index contributed by atoms with van der Waals surface area (Å²) < 4.78 is 5.43. The number of rotatable bonds is 5. The zero-order valence-corrected chi connectivity index (χ0v) is 17.9. The number of morpholine rings is 1. The number of fused-ring (bicyclic) bond motifs is 1. The van der Waals surface area contributed by atoms with Crippen LogP contribution in [0.15, 0.2) is 58.5 Å². The van der Waals surface area contributed by atoms with Crippen molar-refractivity contribution in [2.24, 2.45) is 0 Å². The first-order chi connectivity index (χ1) is 14.1. The number of benzene rings is 2. The minimum absolute atomic E-state index is 0.0685. The van der Waals surface area contributed by atoms with E-state index in [-0.39, 0.29) is 5.91 Å². The van der Waals surface area contributed by atoms with Gasteiger partial charge in [0.25, 0.3) is 5.91 Å². The fourth-order valence-electron chi connectivity index (χ4n) is 3.41. The molecule has 152 valence electrons. The summed E-state index contributed by atoms with van der Waals surface area (Å²) >= 11 is 7.45. The molecule has 0 saturated carbocycles. The van der Waals surface area contributed by atoms with Crippen molar-refractivity contribution in [3.63, 3.8) is 0 Å². The average molecular weight is 430 g/mol. The number of hydrogen-bond acceptors (Lipinski definition) is 5. The Balaban J connectivity index is 1.41. The molecular formula is C22H24ClN3O2S. The number of nitrogens with zero attached hydrogens (tertiary/aromatic N) is 2. The summed E-state index contributed by atoms with van der Waals surface area (Å²) in [5.41, 5.74) is 3.40. The maximum Gasteiger partial charge on any atom is 0.259 e. The van der Waals surface area contributed by atoms with Gasteiger partial charge in [0.05, 0.1) is 23.8 Å². The van der Waals surface area contributed by atoms with Gasteiger partial charge in [-0.05, 0) is 35.4 Å². The Morgan fingerprint density at radius 2 is 1.86 bits per heavy atom. The SMILES string of the molecule is CN1C=C(C(=O)NCc2ccc(Cl)cc2)Sc2cc(CN3CCOCC3)ccc21. The molecule has 2 aliphatic rings. The highest BCUT2D eigenvalue weighted by atomic mass is 35.5. The van der Waals surface area contributed by atoms with Crippen LogP contribution in [0.4, 0.5) is 5.69 Å². The Kier molecular flexibility index (Phi) is 6.45. The molecule has 0 aromatic heterocycles. The topological polar surface area (TPSA) is 44.8 Å². The highest BCUT2D eigenvalue weighted by Crippen LogP contribution is 2.40. The highest BCUT2D eigenvalue weighted by molar-refractivity contribution is 8.04. The predicted octanol–water partition coefficient (Wildman–Crippen LogP) is 3.87. The van der Waals surface area contributed by atoms with E-state index in [0.717, 1.165) is 49.0 Å². The van der Waals surface area contributed by atoms with E-state index in [1.54, 1.807) is 0 Å². The summed E-state index contributed by atoms with van der Waals surface area (Å²) in [4.78, 5) is 18.9. The zero-order valence-electron chi connectivity index (χ0n) is 16.4. The third-order valence-electron chi connectivity index (χ3n) is 5.04. The van der Waals surface area contributed by atoms with Gasteiger partial charge in [0.2, 0.25) is 0 Å². The molecule has 2 aromatic rings. The number of hydrogen-bond donors (Lipinski definition) is 1. The first-order valence-electron chi connectivity index (χ1n) is 9.67. The summed E-state index contributed by atoms with van der Waals surface area (Å²) in [5, 5.41) is 3.69. The molecule has 0 bridgehead atoms. The lowest BCUT2D eigenvalue weighted by Crippen LogP contribution is -2.35. The van der Waals surface area contributed by atoms with Crippen LogP contribution in [0.1, 0.15) is 11.1 Å². The summed E-state index contributed by atoms with van der Waals surface area (Å²) in [6.45, 7) is 4.89. The van der Waals surface area contributed by atoms with E-state index in [2.05, 4.69) is 28.4 Å². The van der Waals surface area contributed by atoms with Crippen LogP contribution >= 0.6 is 23.4 Å². The number of thioether (sulfide) groups is 1. The molecule has 0 unspecified atom stereocenters. The quantitative estimate of drug-likeness (QED) is 0.781. The third-order valence-corrected chi connectivity index (χ3v) is 6.34. The third kappa shape index (κ3) is 5.14. The molecule has 0 aliphatic carbocycles. The molecule has 0 atom stereocenters. The Morgan fingerprint density at radius 1 is 1.14 bits per heavy atom. The van der Waals surface area contributed by atoms with E-state index in [0.29, 0.717) is 16.5 Å². The van der Waals surface area contributed by atoms with Crippen molar-refractivity contribution >= 4 is 35.0 Å². The molecule has 2 heterocycles. The van der Waals surface area contributed by atoms with Gasteiger partial charge < -0.3 is 15.0 Å².